The maximum Gasteiger partial charge on any atom is 0.340 e. The fourth-order valence-electron chi connectivity index (χ4n) is 1.78. The molecule has 2 aromatic carbocycles. The molecule has 25 heavy (non-hydrogen) atoms. The Morgan fingerprint density at radius 2 is 1.68 bits per heavy atom. The minimum Gasteiger partial charge on any atom is -0.449 e. The quantitative estimate of drug-likeness (QED) is 0.565. The zero-order valence-electron chi connectivity index (χ0n) is 12.6. The van der Waals surface area contributed by atoms with E-state index >= 15 is 0 Å². The molecular weight excluding hydrogens is 399 g/mol. The molecule has 0 bridgehead atoms. The number of esters is 1. The van der Waals surface area contributed by atoms with Gasteiger partial charge in [0.05, 0.1) is 21.3 Å². The second-order valence-corrected chi connectivity index (χ2v) is 6.16. The van der Waals surface area contributed by atoms with E-state index in [4.69, 9.17) is 39.5 Å². The van der Waals surface area contributed by atoms with Gasteiger partial charge in [-0.15, -0.1) is 0 Å². The third kappa shape index (κ3) is 4.81. The van der Waals surface area contributed by atoms with Gasteiger partial charge in [-0.05, 0) is 37.3 Å². The van der Waals surface area contributed by atoms with Gasteiger partial charge in [0.25, 0.3) is 5.91 Å². The third-order valence-electron chi connectivity index (χ3n) is 3.07. The summed E-state index contributed by atoms with van der Waals surface area (Å²) in [5.74, 6) is -4.25. The van der Waals surface area contributed by atoms with E-state index in [1.54, 1.807) is 0 Å². The fourth-order valence-corrected chi connectivity index (χ4v) is 2.35. The largest absolute Gasteiger partial charge is 0.449 e. The number of carbonyl (C=O) groups excluding carboxylic acids is 2. The molecule has 4 nitrogen and oxygen atoms in total. The third-order valence-corrected chi connectivity index (χ3v) is 3.95. The molecule has 1 N–H and O–H groups in total. The Morgan fingerprint density at radius 3 is 2.36 bits per heavy atom. The number of rotatable bonds is 4. The summed E-state index contributed by atoms with van der Waals surface area (Å²) in [5.41, 5.74) is -0.172. The van der Waals surface area contributed by atoms with Crippen molar-refractivity contribution in [1.29, 1.82) is 0 Å². The van der Waals surface area contributed by atoms with Gasteiger partial charge in [0.15, 0.2) is 17.7 Å². The Hall–Kier alpha value is -1.89. The molecule has 1 atom stereocenters. The lowest BCUT2D eigenvalue weighted by atomic mass is 10.2. The van der Waals surface area contributed by atoms with E-state index in [1.807, 2.05) is 0 Å². The van der Waals surface area contributed by atoms with Gasteiger partial charge in [-0.1, -0.05) is 34.8 Å². The summed E-state index contributed by atoms with van der Waals surface area (Å²) >= 11 is 17.4. The fraction of sp³-hybridized carbons (Fsp3) is 0.125. The van der Waals surface area contributed by atoms with Gasteiger partial charge < -0.3 is 10.1 Å². The van der Waals surface area contributed by atoms with Gasteiger partial charge >= 0.3 is 5.97 Å². The number of amides is 1. The number of ether oxygens (including phenoxy) is 1. The molecule has 0 heterocycles. The number of hydrogen-bond acceptors (Lipinski definition) is 3. The van der Waals surface area contributed by atoms with E-state index in [-0.39, 0.29) is 15.7 Å². The highest BCUT2D eigenvalue weighted by molar-refractivity contribution is 6.35. The lowest BCUT2D eigenvalue weighted by Crippen LogP contribution is -2.30. The molecule has 0 aliphatic rings. The molecular formula is C16H10Cl3F2NO3. The van der Waals surface area contributed by atoms with Crippen molar-refractivity contribution in [3.05, 3.63) is 62.6 Å². The molecule has 0 spiro atoms. The summed E-state index contributed by atoms with van der Waals surface area (Å²) in [5, 5.41) is 2.69. The standard InChI is InChI=1S/C16H10Cl3F2NO3/c1-7(15(23)22-14-4-8(17)2-3-10(14)18)25-16(24)9-5-12(20)13(21)6-11(9)19/h2-7H,1H3,(H,22,23). The molecule has 0 radical (unpaired) electrons. The van der Waals surface area contributed by atoms with Gasteiger partial charge in [-0.25, -0.2) is 13.6 Å². The Balaban J connectivity index is 2.09. The van der Waals surface area contributed by atoms with E-state index in [0.29, 0.717) is 17.2 Å². The highest BCUT2D eigenvalue weighted by Crippen LogP contribution is 2.26. The minimum absolute atomic E-state index is 0.230. The smallest absolute Gasteiger partial charge is 0.340 e. The van der Waals surface area contributed by atoms with E-state index in [1.165, 1.54) is 25.1 Å². The van der Waals surface area contributed by atoms with E-state index < -0.39 is 35.2 Å². The van der Waals surface area contributed by atoms with Crippen molar-refractivity contribution in [2.75, 3.05) is 5.32 Å². The summed E-state index contributed by atoms with van der Waals surface area (Å²) in [6, 6.07) is 5.68. The summed E-state index contributed by atoms with van der Waals surface area (Å²) in [6.07, 6.45) is -1.26. The highest BCUT2D eigenvalue weighted by Gasteiger charge is 2.23. The Labute approximate surface area is 156 Å². The predicted octanol–water partition coefficient (Wildman–Crippen LogP) is 5.11. The number of anilines is 1. The zero-order chi connectivity index (χ0) is 18.7. The van der Waals surface area contributed by atoms with Crippen molar-refractivity contribution in [1.82, 2.24) is 0 Å². The van der Waals surface area contributed by atoms with Crippen molar-refractivity contribution >= 4 is 52.4 Å². The van der Waals surface area contributed by atoms with Crippen LogP contribution < -0.4 is 5.32 Å². The second kappa shape index (κ2) is 7.99. The van der Waals surface area contributed by atoms with Crippen molar-refractivity contribution in [2.45, 2.75) is 13.0 Å². The average Bonchev–Trinajstić information content (AvgIpc) is 2.54. The average molecular weight is 409 g/mol. The number of halogens is 5. The zero-order valence-corrected chi connectivity index (χ0v) is 14.8. The monoisotopic (exact) mass is 407 g/mol. The molecule has 0 fully saturated rings. The SMILES string of the molecule is CC(OC(=O)c1cc(F)c(F)cc1Cl)C(=O)Nc1cc(Cl)ccc1Cl. The first-order valence-electron chi connectivity index (χ1n) is 6.80. The Bertz CT molecular complexity index is 846. The van der Waals surface area contributed by atoms with Crippen molar-refractivity contribution in [3.63, 3.8) is 0 Å². The van der Waals surface area contributed by atoms with E-state index in [9.17, 15) is 18.4 Å². The first-order valence-corrected chi connectivity index (χ1v) is 7.94. The number of nitrogens with one attached hydrogen (secondary N) is 1. The van der Waals surface area contributed by atoms with Gasteiger partial charge in [0.1, 0.15) is 0 Å². The molecule has 0 aromatic heterocycles. The van der Waals surface area contributed by atoms with Crippen LogP contribution in [-0.2, 0) is 9.53 Å². The highest BCUT2D eigenvalue weighted by atomic mass is 35.5. The molecule has 2 aromatic rings. The summed E-state index contributed by atoms with van der Waals surface area (Å²) in [6.45, 7) is 1.29. The van der Waals surface area contributed by atoms with Crippen LogP contribution in [0, 0.1) is 11.6 Å². The Morgan fingerprint density at radius 1 is 1.04 bits per heavy atom. The number of carbonyl (C=O) groups is 2. The van der Waals surface area contributed by atoms with Gasteiger partial charge in [0, 0.05) is 5.02 Å². The normalized spacial score (nSPS) is 11.8. The molecule has 0 aliphatic carbocycles. The van der Waals surface area contributed by atoms with Gasteiger partial charge in [0.2, 0.25) is 0 Å². The first-order chi connectivity index (χ1) is 11.7. The molecule has 1 amide bonds. The molecule has 0 saturated heterocycles. The van der Waals surface area contributed by atoms with Crippen molar-refractivity contribution in [2.24, 2.45) is 0 Å². The Kier molecular flexibility index (Phi) is 6.21. The van der Waals surface area contributed by atoms with Gasteiger partial charge in [-0.2, -0.15) is 0 Å². The molecule has 0 saturated carbocycles. The van der Waals surface area contributed by atoms with Crippen LogP contribution in [0.25, 0.3) is 0 Å². The molecule has 0 aliphatic heterocycles. The maximum atomic E-state index is 13.2. The lowest BCUT2D eigenvalue weighted by molar-refractivity contribution is -0.123. The van der Waals surface area contributed by atoms with Gasteiger partial charge in [-0.3, -0.25) is 4.79 Å². The van der Waals surface area contributed by atoms with Crippen LogP contribution >= 0.6 is 34.8 Å². The maximum absolute atomic E-state index is 13.2. The lowest BCUT2D eigenvalue weighted by Gasteiger charge is -2.15. The van der Waals surface area contributed by atoms with E-state index in [2.05, 4.69) is 5.32 Å². The van der Waals surface area contributed by atoms with Crippen LogP contribution in [0.1, 0.15) is 17.3 Å². The number of benzene rings is 2. The molecule has 9 heteroatoms. The first kappa shape index (κ1) is 19.4. The van der Waals surface area contributed by atoms with Crippen LogP contribution in [0.3, 0.4) is 0 Å². The van der Waals surface area contributed by atoms with Crippen LogP contribution in [0.15, 0.2) is 30.3 Å². The predicted molar refractivity (Wildman–Crippen MR) is 91.3 cm³/mol. The van der Waals surface area contributed by atoms with E-state index in [0.717, 1.165) is 0 Å². The second-order valence-electron chi connectivity index (χ2n) is 4.91. The van der Waals surface area contributed by atoms with Crippen LogP contribution in [-0.4, -0.2) is 18.0 Å². The van der Waals surface area contributed by atoms with Crippen LogP contribution in [0.2, 0.25) is 15.1 Å². The molecule has 1 unspecified atom stereocenters. The van der Waals surface area contributed by atoms with Crippen LogP contribution in [0.4, 0.5) is 14.5 Å². The van der Waals surface area contributed by atoms with Crippen molar-refractivity contribution in [3.8, 4) is 0 Å². The molecule has 2 rings (SSSR count). The van der Waals surface area contributed by atoms with Crippen molar-refractivity contribution < 1.29 is 23.1 Å². The minimum atomic E-state index is -1.26. The summed E-state index contributed by atoms with van der Waals surface area (Å²) in [7, 11) is 0. The topological polar surface area (TPSA) is 55.4 Å². The summed E-state index contributed by atoms with van der Waals surface area (Å²) in [4.78, 5) is 24.1. The number of hydrogen-bond donors (Lipinski definition) is 1. The molecule has 132 valence electrons. The van der Waals surface area contributed by atoms with Crippen LogP contribution in [0.5, 0.6) is 0 Å². The summed E-state index contributed by atoms with van der Waals surface area (Å²) < 4.78 is 31.2.